The van der Waals surface area contributed by atoms with Crippen molar-refractivity contribution < 1.29 is 89.1 Å². The largest absolute Gasteiger partial charge is 0.463 e. The van der Waals surface area contributed by atoms with Crippen LogP contribution in [0.25, 0.3) is 0 Å². The monoisotopic (exact) mass is 2160 g/mol. The van der Waals surface area contributed by atoms with Crippen molar-refractivity contribution >= 4 is 180 Å². The van der Waals surface area contributed by atoms with Crippen LogP contribution >= 0.6 is 109 Å². The Balaban J connectivity index is 0.000000151. The highest BCUT2D eigenvalue weighted by molar-refractivity contribution is 9.11. The molecule has 1 unspecified atom stereocenters. The van der Waals surface area contributed by atoms with Gasteiger partial charge in [-0.1, -0.05) is 88.0 Å². The summed E-state index contributed by atoms with van der Waals surface area (Å²) < 4.78 is 94.5. The number of benzene rings is 4. The molecule has 31 nitrogen and oxygen atoms in total. The fourth-order valence-electron chi connectivity index (χ4n) is 16.0. The zero-order chi connectivity index (χ0) is 95.3. The third-order valence-corrected chi connectivity index (χ3v) is 26.8. The lowest BCUT2D eigenvalue weighted by Gasteiger charge is -2.31. The topological polar surface area (TPSA) is 363 Å². The Morgan fingerprint density at radius 2 is 0.586 bits per heavy atom. The number of hydrogen-bond acceptors (Lipinski definition) is 31. The molecule has 4 N–H and O–H groups in total. The molecule has 133 heavy (non-hydrogen) atoms. The lowest BCUT2D eigenvalue weighted by molar-refractivity contribution is -0.140. The van der Waals surface area contributed by atoms with E-state index in [2.05, 4.69) is 105 Å². The Hall–Kier alpha value is -11.0. The summed E-state index contributed by atoms with van der Waals surface area (Å²) >= 11 is 19.4. The molecule has 8 aromatic rings. The quantitative estimate of drug-likeness (QED) is 0.0262. The average Bonchev–Trinajstić information content (AvgIpc) is 1.65. The molecule has 4 fully saturated rings. The Kier molecular flexibility index (Phi) is 33.6. The predicted molar refractivity (Wildman–Crippen MR) is 505 cm³/mol. The van der Waals surface area contributed by atoms with Crippen LogP contribution in [0.1, 0.15) is 168 Å². The number of aliphatic imine (C=N–C) groups is 4. The van der Waals surface area contributed by atoms with E-state index in [4.69, 9.17) is 53.1 Å². The van der Waals surface area contributed by atoms with E-state index in [1.165, 1.54) is 101 Å². The first-order valence-electron chi connectivity index (χ1n) is 42.3. The van der Waals surface area contributed by atoms with Crippen molar-refractivity contribution in [3.8, 4) is 0 Å². The molecule has 0 aliphatic carbocycles. The van der Waals surface area contributed by atoms with Crippen molar-refractivity contribution in [3.05, 3.63) is 248 Å². The Labute approximate surface area is 812 Å². The summed E-state index contributed by atoms with van der Waals surface area (Å²) in [5.41, 5.74) is 6.79. The molecule has 0 bridgehead atoms. The lowest BCUT2D eigenvalue weighted by atomic mass is 9.94. The molecular formula is C90H92Br4F4N16O15S4. The molecule has 4 aromatic heterocycles. The molecule has 702 valence electrons. The van der Waals surface area contributed by atoms with Crippen LogP contribution in [-0.2, 0) is 57.1 Å². The normalized spacial score (nSPS) is 19.9. The maximum absolute atomic E-state index is 13.8. The van der Waals surface area contributed by atoms with E-state index in [0.29, 0.717) is 175 Å². The summed E-state index contributed by atoms with van der Waals surface area (Å²) in [6.45, 7) is 21.5. The lowest BCUT2D eigenvalue weighted by Crippen LogP contribution is -2.40. The molecule has 0 spiro atoms. The van der Waals surface area contributed by atoms with Gasteiger partial charge < -0.3 is 74.0 Å². The molecule has 8 atom stereocenters. The number of nitrogens with one attached hydrogen (secondary N) is 4. The van der Waals surface area contributed by atoms with E-state index in [1.54, 1.807) is 118 Å². The first-order chi connectivity index (χ1) is 63.7. The minimum absolute atomic E-state index is 0.145. The summed E-state index contributed by atoms with van der Waals surface area (Å²) in [5.74, 6) is -1.38. The number of ether oxygens (including phenoxy) is 7. The number of nitrogens with zero attached hydrogens (tertiary/aromatic N) is 12. The van der Waals surface area contributed by atoms with Crippen molar-refractivity contribution in [2.45, 2.75) is 168 Å². The number of carbonyl (C=O) groups is 8. The molecular weight excluding hydrogens is 2070 g/mol. The number of alkyl carbamates (subject to hydrolysis) is 3. The number of halogens is 8. The first kappa shape index (κ1) is 99.5. The second kappa shape index (κ2) is 44.9. The van der Waals surface area contributed by atoms with E-state index in [1.807, 2.05) is 41.1 Å². The number of carbonyl (C=O) groups excluding carboxylic acids is 8. The second-order valence-corrected chi connectivity index (χ2v) is 38.3. The SMILES string of the molecule is CCOC(=O)C1=C2CC(NC(=O)OC(C)C)CN2C(c2nccs2)=N[C@H]1c1ccc(F)cc1Br.CCOC(=O)C1=C2C[C@@H](NC(=O)OC(C)C)CN2C(c2nccs2)=N[C@H]1c1ccc(F)cc1Br.CCOC(=O)C1=C2C[C@H](NC(=O)OC(C)C)CN2C(c2nccs2)=N[C@H]1c1ccc(F)cc1Br.CCOC(=O)C1=C2C[C@H](NC(C)=O)CN2C(c2nccs2)=N[C@H]1c1ccc(F)cc1Br. The van der Waals surface area contributed by atoms with E-state index < -0.39 is 89.6 Å². The molecule has 8 aliphatic heterocycles. The summed E-state index contributed by atoms with van der Waals surface area (Å²) in [6.07, 6.45) is 5.97. The minimum Gasteiger partial charge on any atom is -0.463 e. The predicted octanol–water partition coefficient (Wildman–Crippen LogP) is 17.3. The van der Waals surface area contributed by atoms with Crippen molar-refractivity contribution in [3.63, 3.8) is 0 Å². The molecule has 4 aromatic carbocycles. The van der Waals surface area contributed by atoms with Gasteiger partial charge in [-0.15, -0.1) is 45.3 Å². The highest BCUT2D eigenvalue weighted by Crippen LogP contribution is 2.49. The molecule has 4 saturated heterocycles. The van der Waals surface area contributed by atoms with Crippen LogP contribution in [0.5, 0.6) is 0 Å². The van der Waals surface area contributed by atoms with Gasteiger partial charge in [0.15, 0.2) is 43.4 Å². The van der Waals surface area contributed by atoms with E-state index in [9.17, 15) is 55.9 Å². The maximum Gasteiger partial charge on any atom is 0.407 e. The number of fused-ring (bicyclic) bond motifs is 4. The molecule has 0 radical (unpaired) electrons. The number of hydrogen-bond donors (Lipinski definition) is 4. The van der Waals surface area contributed by atoms with Crippen molar-refractivity contribution in [2.75, 3.05) is 52.6 Å². The van der Waals surface area contributed by atoms with Crippen LogP contribution in [-0.4, -0.2) is 206 Å². The van der Waals surface area contributed by atoms with Gasteiger partial charge in [-0.05, 0) is 140 Å². The van der Waals surface area contributed by atoms with Gasteiger partial charge in [0.1, 0.15) is 47.4 Å². The summed E-state index contributed by atoms with van der Waals surface area (Å²) in [6, 6.07) is 13.1. The van der Waals surface area contributed by atoms with E-state index in [-0.39, 0.29) is 74.8 Å². The van der Waals surface area contributed by atoms with Crippen molar-refractivity contribution in [1.82, 2.24) is 60.8 Å². The number of amides is 4. The van der Waals surface area contributed by atoms with Crippen LogP contribution in [0, 0.1) is 23.3 Å². The van der Waals surface area contributed by atoms with Gasteiger partial charge in [-0.2, -0.15) is 0 Å². The zero-order valence-electron chi connectivity index (χ0n) is 73.5. The fraction of sp³-hybridized carbons (Fsp3) is 0.378. The third kappa shape index (κ3) is 23.7. The first-order valence-corrected chi connectivity index (χ1v) is 49.0. The van der Waals surface area contributed by atoms with Crippen LogP contribution in [0.4, 0.5) is 31.9 Å². The molecule has 12 heterocycles. The average molecular weight is 2160 g/mol. The van der Waals surface area contributed by atoms with Gasteiger partial charge in [0, 0.05) is 146 Å². The molecule has 0 saturated carbocycles. The van der Waals surface area contributed by atoms with Crippen molar-refractivity contribution in [2.24, 2.45) is 20.0 Å². The Morgan fingerprint density at radius 1 is 0.368 bits per heavy atom. The van der Waals surface area contributed by atoms with E-state index >= 15 is 0 Å². The maximum atomic E-state index is 13.8. The van der Waals surface area contributed by atoms with Crippen LogP contribution in [0.3, 0.4) is 0 Å². The van der Waals surface area contributed by atoms with Gasteiger partial charge in [0.05, 0.1) is 91.2 Å². The van der Waals surface area contributed by atoms with Gasteiger partial charge >= 0.3 is 42.2 Å². The Bertz CT molecular complexity index is 5540. The van der Waals surface area contributed by atoms with Crippen LogP contribution in [0.15, 0.2) is 202 Å². The highest BCUT2D eigenvalue weighted by atomic mass is 79.9. The number of aromatic nitrogens is 4. The van der Waals surface area contributed by atoms with Crippen molar-refractivity contribution in [1.29, 1.82) is 0 Å². The third-order valence-electron chi connectivity index (χ3n) is 20.9. The molecule has 16 rings (SSSR count). The standard InChI is InChI=1S/3C23H24BrFN4O4S.C21H20BrFN4O3S/c3*1-4-32-22(30)18-17-10-14(27-23(31)33-12(2)3)11-29(17)20(21-26-7-8-34-21)28-19(18)15-6-5-13(25)9-16(15)24;1-3-30-21(29)17-16-9-13(25-11(2)28)10-27(16)19(20-24-6-7-31-20)26-18(17)14-5-4-12(23)8-15(14)22/h3*5-9,12,14,19H,4,10-11H2,1-3H3,(H,27,31);4-8,13,18H,3,9-10H2,1-2H3,(H,25,28)/t14?,19-;14-,19+;14-,19-;13-,18-/m0100/s1. The number of esters is 4. The summed E-state index contributed by atoms with van der Waals surface area (Å²) in [4.78, 5) is 146. The summed E-state index contributed by atoms with van der Waals surface area (Å²) in [5, 5.41) is 21.7. The number of amidine groups is 4. The molecule has 8 aliphatic rings. The zero-order valence-corrected chi connectivity index (χ0v) is 83.1. The molecule has 43 heteroatoms. The van der Waals surface area contributed by atoms with Crippen LogP contribution in [0.2, 0.25) is 0 Å². The molecule has 4 amide bonds. The number of rotatable bonds is 23. The van der Waals surface area contributed by atoms with Gasteiger partial charge in [0.25, 0.3) is 0 Å². The summed E-state index contributed by atoms with van der Waals surface area (Å²) in [7, 11) is 0. The second-order valence-electron chi connectivity index (χ2n) is 31.3. The van der Waals surface area contributed by atoms with Gasteiger partial charge in [0.2, 0.25) is 5.91 Å². The Morgan fingerprint density at radius 3 is 0.767 bits per heavy atom. The minimum atomic E-state index is -0.736. The van der Waals surface area contributed by atoms with Crippen LogP contribution < -0.4 is 21.3 Å². The number of thiazole rings is 4. The smallest absolute Gasteiger partial charge is 0.407 e. The van der Waals surface area contributed by atoms with Gasteiger partial charge in [-0.3, -0.25) is 24.8 Å². The van der Waals surface area contributed by atoms with Gasteiger partial charge in [-0.25, -0.2) is 71.1 Å². The highest BCUT2D eigenvalue weighted by Gasteiger charge is 2.49. The van der Waals surface area contributed by atoms with E-state index in [0.717, 1.165) is 5.70 Å². The fourth-order valence-corrected chi connectivity index (χ4v) is 20.8.